The number of hydrogen-bond acceptors (Lipinski definition) is 3. The quantitative estimate of drug-likeness (QED) is 0.446. The monoisotopic (exact) mass is 448 g/mol. The van der Waals surface area contributed by atoms with Crippen LogP contribution in [0.3, 0.4) is 0 Å². The van der Waals surface area contributed by atoms with E-state index in [1.807, 2.05) is 12.2 Å². The van der Waals surface area contributed by atoms with Gasteiger partial charge in [-0.05, 0) is 86.2 Å². The summed E-state index contributed by atoms with van der Waals surface area (Å²) in [5.74, 6) is 0.363. The summed E-state index contributed by atoms with van der Waals surface area (Å²) in [4.78, 5) is 10.8. The highest BCUT2D eigenvalue weighted by molar-refractivity contribution is 5.66. The summed E-state index contributed by atoms with van der Waals surface area (Å²) in [5.41, 5.74) is 5.45. The minimum absolute atomic E-state index is 0.127. The Hall–Kier alpha value is -2.59. The van der Waals surface area contributed by atoms with Gasteiger partial charge in [-0.1, -0.05) is 55.0 Å². The van der Waals surface area contributed by atoms with Gasteiger partial charge in [-0.2, -0.15) is 0 Å². The summed E-state index contributed by atoms with van der Waals surface area (Å²) in [6, 6.07) is 0. The molecule has 4 nitrogen and oxygen atoms in total. The molecule has 33 heavy (non-hydrogen) atoms. The van der Waals surface area contributed by atoms with Gasteiger partial charge in [-0.3, -0.25) is 4.79 Å². The van der Waals surface area contributed by atoms with Crippen molar-refractivity contribution < 1.29 is 19.4 Å². The Kier molecular flexibility index (Phi) is 7.87. The molecule has 0 bridgehead atoms. The number of carboxylic acid groups (broad SMARTS) is 1. The molecule has 1 fully saturated rings. The predicted molar refractivity (Wildman–Crippen MR) is 132 cm³/mol. The third kappa shape index (κ3) is 6.48. The number of allylic oxidation sites excluding steroid dienone is 10. The van der Waals surface area contributed by atoms with Crippen LogP contribution in [0.15, 0.2) is 82.7 Å². The van der Waals surface area contributed by atoms with E-state index in [0.717, 1.165) is 44.5 Å². The molecule has 1 heterocycles. The van der Waals surface area contributed by atoms with Gasteiger partial charge in [0.05, 0.1) is 5.60 Å². The molecule has 0 aromatic carbocycles. The fraction of sp³-hybridized carbons (Fsp3) is 0.483. The van der Waals surface area contributed by atoms with E-state index >= 15 is 0 Å². The number of hydrogen-bond donors (Lipinski definition) is 1. The van der Waals surface area contributed by atoms with Gasteiger partial charge in [0.15, 0.2) is 0 Å². The van der Waals surface area contributed by atoms with Gasteiger partial charge in [0.2, 0.25) is 0 Å². The molecule has 4 aliphatic rings. The minimum Gasteiger partial charge on any atom is -0.489 e. The highest BCUT2D eigenvalue weighted by Gasteiger charge is 2.36. The zero-order chi connectivity index (χ0) is 23.1. The lowest BCUT2D eigenvalue weighted by Crippen LogP contribution is -2.29. The Morgan fingerprint density at radius 3 is 2.82 bits per heavy atom. The summed E-state index contributed by atoms with van der Waals surface area (Å²) in [6.07, 6.45) is 27.8. The van der Waals surface area contributed by atoms with Gasteiger partial charge >= 0.3 is 5.97 Å². The lowest BCUT2D eigenvalue weighted by atomic mass is 9.81. The maximum absolute atomic E-state index is 10.8. The molecule has 4 heteroatoms. The third-order valence-corrected chi connectivity index (χ3v) is 7.29. The van der Waals surface area contributed by atoms with E-state index in [1.54, 1.807) is 0 Å². The van der Waals surface area contributed by atoms with Crippen molar-refractivity contribution in [2.24, 2.45) is 5.92 Å². The SMILES string of the molecule is CC(CCC(=O)O)C1=CC=C(OCC2=CCC(C3=CCC4(CCCO4)CC3)=CC=C2)C=CC1. The molecular formula is C29H36O4. The highest BCUT2D eigenvalue weighted by Crippen LogP contribution is 2.41. The van der Waals surface area contributed by atoms with Crippen LogP contribution in [0.5, 0.6) is 0 Å². The number of carboxylic acids is 1. The number of aliphatic carboxylic acids is 1. The van der Waals surface area contributed by atoms with Gasteiger partial charge in [-0.25, -0.2) is 0 Å². The van der Waals surface area contributed by atoms with Crippen LogP contribution < -0.4 is 0 Å². The van der Waals surface area contributed by atoms with Gasteiger partial charge in [-0.15, -0.1) is 0 Å². The topological polar surface area (TPSA) is 55.8 Å². The van der Waals surface area contributed by atoms with Crippen LogP contribution in [0.2, 0.25) is 0 Å². The Bertz CT molecular complexity index is 948. The van der Waals surface area contributed by atoms with Gasteiger partial charge in [0, 0.05) is 13.0 Å². The number of ether oxygens (including phenoxy) is 2. The van der Waals surface area contributed by atoms with E-state index in [4.69, 9.17) is 14.6 Å². The lowest BCUT2D eigenvalue weighted by molar-refractivity contribution is -0.137. The second-order valence-corrected chi connectivity index (χ2v) is 9.64. The van der Waals surface area contributed by atoms with Gasteiger partial charge in [0.25, 0.3) is 0 Å². The second-order valence-electron chi connectivity index (χ2n) is 9.64. The molecule has 1 spiro atoms. The maximum Gasteiger partial charge on any atom is 0.303 e. The molecule has 176 valence electrons. The van der Waals surface area contributed by atoms with E-state index in [9.17, 15) is 4.79 Å². The van der Waals surface area contributed by atoms with Crippen LogP contribution in [0.4, 0.5) is 0 Å². The fourth-order valence-corrected chi connectivity index (χ4v) is 5.07. The minimum atomic E-state index is -0.736. The first-order chi connectivity index (χ1) is 16.0. The molecule has 2 unspecified atom stereocenters. The van der Waals surface area contributed by atoms with Crippen LogP contribution in [0, 0.1) is 5.92 Å². The first kappa shape index (κ1) is 23.6. The average molecular weight is 449 g/mol. The zero-order valence-corrected chi connectivity index (χ0v) is 19.7. The molecule has 0 saturated carbocycles. The standard InChI is InChI=1S/C29H36O4/c1-22(9-14-28(30)31)24-6-3-8-27(13-12-24)32-21-23-5-2-7-25(11-10-23)26-15-18-29(19-16-26)17-4-20-33-29/h2-3,5,7-8,10,12-13,15,22H,4,6,9,11,14,16-21H2,1H3,(H,30,31). The third-order valence-electron chi connectivity index (χ3n) is 7.29. The first-order valence-electron chi connectivity index (χ1n) is 12.3. The molecular weight excluding hydrogens is 412 g/mol. The first-order valence-corrected chi connectivity index (χ1v) is 12.3. The summed E-state index contributed by atoms with van der Waals surface area (Å²) in [7, 11) is 0. The van der Waals surface area contributed by atoms with Gasteiger partial charge in [0.1, 0.15) is 12.4 Å². The molecule has 1 aliphatic heterocycles. The van der Waals surface area contributed by atoms with Crippen molar-refractivity contribution in [2.45, 2.75) is 70.3 Å². The number of rotatable bonds is 8. The Morgan fingerprint density at radius 2 is 2.06 bits per heavy atom. The molecule has 0 aromatic rings. The Balaban J connectivity index is 1.29. The zero-order valence-electron chi connectivity index (χ0n) is 19.7. The smallest absolute Gasteiger partial charge is 0.303 e. The molecule has 2 atom stereocenters. The Morgan fingerprint density at radius 1 is 1.15 bits per heavy atom. The second kappa shape index (κ2) is 11.0. The van der Waals surface area contributed by atoms with Crippen molar-refractivity contribution in [2.75, 3.05) is 13.2 Å². The van der Waals surface area contributed by atoms with Crippen LogP contribution in [0.25, 0.3) is 0 Å². The van der Waals surface area contributed by atoms with E-state index in [0.29, 0.717) is 13.0 Å². The molecule has 0 amide bonds. The summed E-state index contributed by atoms with van der Waals surface area (Å²) in [5, 5.41) is 8.92. The summed E-state index contributed by atoms with van der Waals surface area (Å²) in [6.45, 7) is 3.56. The van der Waals surface area contributed by atoms with E-state index in [1.165, 1.54) is 35.1 Å². The van der Waals surface area contributed by atoms with Crippen LogP contribution in [-0.2, 0) is 14.3 Å². The van der Waals surface area contributed by atoms with Crippen molar-refractivity contribution in [1.82, 2.24) is 0 Å². The van der Waals surface area contributed by atoms with Crippen LogP contribution in [0.1, 0.15) is 64.7 Å². The molecule has 0 radical (unpaired) electrons. The van der Waals surface area contributed by atoms with Crippen molar-refractivity contribution in [3.8, 4) is 0 Å². The fourth-order valence-electron chi connectivity index (χ4n) is 5.07. The van der Waals surface area contributed by atoms with Crippen LogP contribution in [-0.4, -0.2) is 29.9 Å². The largest absolute Gasteiger partial charge is 0.489 e. The molecule has 4 rings (SSSR count). The van der Waals surface area contributed by atoms with E-state index in [-0.39, 0.29) is 17.9 Å². The normalized spacial score (nSPS) is 25.9. The van der Waals surface area contributed by atoms with Crippen molar-refractivity contribution in [3.63, 3.8) is 0 Å². The number of carbonyl (C=O) groups is 1. The maximum atomic E-state index is 10.8. The molecule has 1 N–H and O–H groups in total. The lowest BCUT2D eigenvalue weighted by Gasteiger charge is -2.32. The van der Waals surface area contributed by atoms with Crippen LogP contribution >= 0.6 is 0 Å². The van der Waals surface area contributed by atoms with E-state index < -0.39 is 5.97 Å². The average Bonchev–Trinajstić information content (AvgIpc) is 3.01. The summed E-state index contributed by atoms with van der Waals surface area (Å²) >= 11 is 0. The summed E-state index contributed by atoms with van der Waals surface area (Å²) < 4.78 is 12.1. The Labute approximate surface area is 197 Å². The molecule has 3 aliphatic carbocycles. The predicted octanol–water partition coefficient (Wildman–Crippen LogP) is 6.75. The molecule has 0 aromatic heterocycles. The van der Waals surface area contributed by atoms with E-state index in [2.05, 4.69) is 49.5 Å². The van der Waals surface area contributed by atoms with Crippen molar-refractivity contribution >= 4 is 5.97 Å². The van der Waals surface area contributed by atoms with Crippen molar-refractivity contribution in [1.29, 1.82) is 0 Å². The highest BCUT2D eigenvalue weighted by atomic mass is 16.5. The van der Waals surface area contributed by atoms with Crippen molar-refractivity contribution in [3.05, 3.63) is 82.7 Å². The van der Waals surface area contributed by atoms with Gasteiger partial charge < -0.3 is 14.6 Å². The molecule has 1 saturated heterocycles.